The molecule has 1 aromatic carbocycles. The maximum atomic E-state index is 13.0. The van der Waals surface area contributed by atoms with Crippen molar-refractivity contribution in [2.75, 3.05) is 25.4 Å². The van der Waals surface area contributed by atoms with Crippen molar-refractivity contribution in [3.63, 3.8) is 0 Å². The van der Waals surface area contributed by atoms with Crippen molar-refractivity contribution in [3.05, 3.63) is 58.7 Å². The molecule has 1 aliphatic heterocycles. The van der Waals surface area contributed by atoms with Crippen LogP contribution in [0.3, 0.4) is 0 Å². The van der Waals surface area contributed by atoms with Crippen LogP contribution in [0.5, 0.6) is 5.88 Å². The number of aromatic nitrogens is 1. The zero-order chi connectivity index (χ0) is 19.4. The Labute approximate surface area is 164 Å². The van der Waals surface area contributed by atoms with E-state index in [9.17, 15) is 13.2 Å². The molecule has 1 unspecified atom stereocenters. The molecule has 1 aromatic heterocycles. The molecule has 0 N–H and O–H groups in total. The van der Waals surface area contributed by atoms with Crippen LogP contribution in [0, 0.1) is 0 Å². The number of benzene rings is 1. The van der Waals surface area contributed by atoms with Gasteiger partial charge >= 0.3 is 0 Å². The van der Waals surface area contributed by atoms with Crippen LogP contribution in [-0.4, -0.2) is 49.7 Å². The van der Waals surface area contributed by atoms with Gasteiger partial charge in [-0.3, -0.25) is 4.79 Å². The van der Waals surface area contributed by atoms with Crippen LogP contribution in [-0.2, 0) is 9.84 Å². The first-order chi connectivity index (χ1) is 12.9. The van der Waals surface area contributed by atoms with Gasteiger partial charge in [0.25, 0.3) is 5.91 Å². The average molecular weight is 409 g/mol. The van der Waals surface area contributed by atoms with Crippen LogP contribution in [0.1, 0.15) is 34.5 Å². The Morgan fingerprint density at radius 2 is 2.04 bits per heavy atom. The number of nitrogens with zero attached hydrogens (tertiary/aromatic N) is 2. The summed E-state index contributed by atoms with van der Waals surface area (Å²) in [6, 6.07) is 10.3. The highest BCUT2D eigenvalue weighted by atomic mass is 35.5. The molecular formula is C19H21ClN2O4S. The highest BCUT2D eigenvalue weighted by Crippen LogP contribution is 2.34. The average Bonchev–Trinajstić information content (AvgIpc) is 2.81. The third-order valence-electron chi connectivity index (χ3n) is 4.56. The Hall–Kier alpha value is -2.12. The summed E-state index contributed by atoms with van der Waals surface area (Å²) in [5, 5.41) is -0.291. The van der Waals surface area contributed by atoms with E-state index < -0.39 is 15.1 Å². The van der Waals surface area contributed by atoms with Crippen LogP contribution in [0.25, 0.3) is 0 Å². The number of rotatable bonds is 4. The van der Waals surface area contributed by atoms with Gasteiger partial charge in [-0.25, -0.2) is 13.4 Å². The third kappa shape index (κ3) is 4.25. The highest BCUT2D eigenvalue weighted by molar-refractivity contribution is 7.91. The molecule has 6 nitrogen and oxygen atoms in total. The van der Waals surface area contributed by atoms with Crippen molar-refractivity contribution in [1.29, 1.82) is 0 Å². The van der Waals surface area contributed by atoms with Gasteiger partial charge in [-0.15, -0.1) is 0 Å². The van der Waals surface area contributed by atoms with Crippen LogP contribution in [0.15, 0.2) is 42.6 Å². The Kier molecular flexibility index (Phi) is 6.01. The summed E-state index contributed by atoms with van der Waals surface area (Å²) in [6.07, 6.45) is 1.85. The molecule has 0 saturated carbocycles. The molecule has 0 bridgehead atoms. The molecular weight excluding hydrogens is 388 g/mol. The van der Waals surface area contributed by atoms with E-state index in [2.05, 4.69) is 4.98 Å². The van der Waals surface area contributed by atoms with E-state index in [-0.39, 0.29) is 24.1 Å². The first kappa shape index (κ1) is 19.6. The molecule has 1 atom stereocenters. The first-order valence-corrected chi connectivity index (χ1v) is 10.9. The Morgan fingerprint density at radius 1 is 1.26 bits per heavy atom. The molecule has 2 aromatic rings. The smallest absolute Gasteiger partial charge is 0.259 e. The number of halogens is 1. The SMILES string of the molecule is CCOc1ncccc1C(=O)N1CCC(c2ccccc2Cl)S(=O)(=O)CC1. The second-order valence-corrected chi connectivity index (χ2v) is 8.96. The van der Waals surface area contributed by atoms with E-state index >= 15 is 0 Å². The Morgan fingerprint density at radius 3 is 2.78 bits per heavy atom. The lowest BCUT2D eigenvalue weighted by Crippen LogP contribution is -2.34. The van der Waals surface area contributed by atoms with Gasteiger partial charge in [0.2, 0.25) is 5.88 Å². The van der Waals surface area contributed by atoms with Gasteiger partial charge in [0.15, 0.2) is 9.84 Å². The molecule has 8 heteroatoms. The number of amides is 1. The zero-order valence-corrected chi connectivity index (χ0v) is 16.5. The predicted octanol–water partition coefficient (Wildman–Crippen LogP) is 3.14. The van der Waals surface area contributed by atoms with E-state index in [4.69, 9.17) is 16.3 Å². The van der Waals surface area contributed by atoms with Crippen molar-refractivity contribution < 1.29 is 17.9 Å². The summed E-state index contributed by atoms with van der Waals surface area (Å²) in [7, 11) is -3.43. The van der Waals surface area contributed by atoms with Gasteiger partial charge in [0, 0.05) is 24.3 Å². The molecule has 2 heterocycles. The molecule has 0 radical (unpaired) electrons. The van der Waals surface area contributed by atoms with Crippen molar-refractivity contribution in [3.8, 4) is 5.88 Å². The number of carbonyl (C=O) groups is 1. The summed E-state index contributed by atoms with van der Waals surface area (Å²) in [4.78, 5) is 18.6. The van der Waals surface area contributed by atoms with Gasteiger partial charge in [0.1, 0.15) is 5.56 Å². The van der Waals surface area contributed by atoms with Gasteiger partial charge in [0.05, 0.1) is 17.6 Å². The molecule has 27 heavy (non-hydrogen) atoms. The quantitative estimate of drug-likeness (QED) is 0.776. The number of pyridine rings is 1. The normalized spacial score (nSPS) is 19.3. The molecule has 1 amide bonds. The van der Waals surface area contributed by atoms with Crippen molar-refractivity contribution in [2.24, 2.45) is 0 Å². The first-order valence-electron chi connectivity index (χ1n) is 8.77. The number of hydrogen-bond donors (Lipinski definition) is 0. The predicted molar refractivity (Wildman–Crippen MR) is 104 cm³/mol. The minimum Gasteiger partial charge on any atom is -0.477 e. The molecule has 1 aliphatic rings. The molecule has 144 valence electrons. The fraction of sp³-hybridized carbons (Fsp3) is 0.368. The summed E-state index contributed by atoms with van der Waals surface area (Å²) < 4.78 is 31.0. The molecule has 1 saturated heterocycles. The second kappa shape index (κ2) is 8.27. The number of hydrogen-bond acceptors (Lipinski definition) is 5. The maximum absolute atomic E-state index is 13.0. The highest BCUT2D eigenvalue weighted by Gasteiger charge is 2.34. The summed E-state index contributed by atoms with van der Waals surface area (Å²) in [6.45, 7) is 2.65. The summed E-state index contributed by atoms with van der Waals surface area (Å²) in [5.41, 5.74) is 0.929. The number of ether oxygens (including phenoxy) is 1. The van der Waals surface area contributed by atoms with Gasteiger partial charge in [-0.2, -0.15) is 0 Å². The minimum atomic E-state index is -3.43. The van der Waals surface area contributed by atoms with Gasteiger partial charge in [-0.1, -0.05) is 29.8 Å². The van der Waals surface area contributed by atoms with E-state index in [0.717, 1.165) is 0 Å². The third-order valence-corrected chi connectivity index (χ3v) is 7.01. The van der Waals surface area contributed by atoms with Crippen molar-refractivity contribution in [2.45, 2.75) is 18.6 Å². The van der Waals surface area contributed by atoms with Crippen LogP contribution in [0.4, 0.5) is 0 Å². The molecule has 3 rings (SSSR count). The molecule has 1 fully saturated rings. The standard InChI is InChI=1S/C19H21ClN2O4S/c1-2-26-18-15(7-5-10-21-18)19(23)22-11-9-17(27(24,25)13-12-22)14-6-3-4-8-16(14)20/h3-8,10,17H,2,9,11-13H2,1H3. The van der Waals surface area contributed by atoms with Crippen LogP contribution >= 0.6 is 11.6 Å². The fourth-order valence-electron chi connectivity index (χ4n) is 3.21. The second-order valence-electron chi connectivity index (χ2n) is 6.25. The van der Waals surface area contributed by atoms with E-state index in [1.807, 2.05) is 6.92 Å². The van der Waals surface area contributed by atoms with Crippen molar-refractivity contribution >= 4 is 27.3 Å². The van der Waals surface area contributed by atoms with Crippen LogP contribution < -0.4 is 4.74 Å². The summed E-state index contributed by atoms with van der Waals surface area (Å²) in [5.74, 6) is -0.125. The lowest BCUT2D eigenvalue weighted by atomic mass is 10.1. The van der Waals surface area contributed by atoms with Gasteiger partial charge in [-0.05, 0) is 37.1 Å². The number of carbonyl (C=O) groups excluding carboxylic acids is 1. The fourth-order valence-corrected chi connectivity index (χ4v) is 5.36. The molecule has 0 spiro atoms. The van der Waals surface area contributed by atoms with Gasteiger partial charge < -0.3 is 9.64 Å². The molecule has 0 aliphatic carbocycles. The lowest BCUT2D eigenvalue weighted by molar-refractivity contribution is 0.0761. The lowest BCUT2D eigenvalue weighted by Gasteiger charge is -2.21. The largest absolute Gasteiger partial charge is 0.477 e. The maximum Gasteiger partial charge on any atom is 0.259 e. The van der Waals surface area contributed by atoms with E-state index in [0.29, 0.717) is 35.7 Å². The number of sulfone groups is 1. The topological polar surface area (TPSA) is 76.6 Å². The van der Waals surface area contributed by atoms with Crippen molar-refractivity contribution in [1.82, 2.24) is 9.88 Å². The van der Waals surface area contributed by atoms with E-state index in [1.54, 1.807) is 47.5 Å². The summed E-state index contributed by atoms with van der Waals surface area (Å²) >= 11 is 6.22. The van der Waals surface area contributed by atoms with Crippen LogP contribution in [0.2, 0.25) is 5.02 Å². The monoisotopic (exact) mass is 408 g/mol. The Bertz CT molecular complexity index is 933. The minimum absolute atomic E-state index is 0.112. The zero-order valence-electron chi connectivity index (χ0n) is 15.0. The Balaban J connectivity index is 1.86. The van der Waals surface area contributed by atoms with E-state index in [1.165, 1.54) is 0 Å².